The molecular formula is C20H27N5O2. The number of benzene rings is 1. The first-order valence-corrected chi connectivity index (χ1v) is 9.79. The molecular weight excluding hydrogens is 342 g/mol. The monoisotopic (exact) mass is 369 g/mol. The molecule has 7 heteroatoms. The Hall–Kier alpha value is -2.44. The van der Waals surface area contributed by atoms with E-state index in [-0.39, 0.29) is 29.3 Å². The van der Waals surface area contributed by atoms with Gasteiger partial charge >= 0.3 is 0 Å². The van der Waals surface area contributed by atoms with Crippen LogP contribution in [0.4, 0.5) is 0 Å². The maximum atomic E-state index is 12.7. The second kappa shape index (κ2) is 6.62. The molecule has 2 aromatic rings. The van der Waals surface area contributed by atoms with Gasteiger partial charge < -0.3 is 10.2 Å². The maximum Gasteiger partial charge on any atom is 0.251 e. The van der Waals surface area contributed by atoms with E-state index in [4.69, 9.17) is 0 Å². The van der Waals surface area contributed by atoms with Gasteiger partial charge in [-0.25, -0.2) is 4.68 Å². The van der Waals surface area contributed by atoms with Gasteiger partial charge in [0.1, 0.15) is 5.52 Å². The summed E-state index contributed by atoms with van der Waals surface area (Å²) < 4.78 is 1.84. The Labute approximate surface area is 159 Å². The molecule has 144 valence electrons. The van der Waals surface area contributed by atoms with Crippen LogP contribution in [0.5, 0.6) is 0 Å². The summed E-state index contributed by atoms with van der Waals surface area (Å²) in [7, 11) is 0. The van der Waals surface area contributed by atoms with E-state index in [1.54, 1.807) is 6.07 Å². The lowest BCUT2D eigenvalue weighted by Crippen LogP contribution is -2.43. The van der Waals surface area contributed by atoms with Crippen LogP contribution in [0.2, 0.25) is 0 Å². The Kier molecular flexibility index (Phi) is 4.40. The van der Waals surface area contributed by atoms with Crippen LogP contribution in [0.3, 0.4) is 0 Å². The lowest BCUT2D eigenvalue weighted by molar-refractivity contribution is -0.133. The zero-order valence-electron chi connectivity index (χ0n) is 16.2. The van der Waals surface area contributed by atoms with Gasteiger partial charge in [-0.3, -0.25) is 9.59 Å². The third kappa shape index (κ3) is 3.55. The van der Waals surface area contributed by atoms with Crippen molar-refractivity contribution in [3.05, 3.63) is 23.8 Å². The van der Waals surface area contributed by atoms with Crippen molar-refractivity contribution in [2.45, 2.75) is 58.0 Å². The minimum atomic E-state index is -0.211. The largest absolute Gasteiger partial charge is 0.350 e. The van der Waals surface area contributed by atoms with Crippen molar-refractivity contribution in [1.29, 1.82) is 0 Å². The molecule has 0 unspecified atom stereocenters. The second-order valence-corrected chi connectivity index (χ2v) is 8.69. The lowest BCUT2D eigenvalue weighted by Gasteiger charge is -2.25. The highest BCUT2D eigenvalue weighted by molar-refractivity contribution is 5.97. The zero-order valence-corrected chi connectivity index (χ0v) is 16.2. The predicted octanol–water partition coefficient (Wildman–Crippen LogP) is 2.32. The highest BCUT2D eigenvalue weighted by atomic mass is 16.2. The summed E-state index contributed by atoms with van der Waals surface area (Å²) in [6.07, 6.45) is 4.01. The number of rotatable bonds is 4. The molecule has 2 aliphatic rings. The molecule has 0 bridgehead atoms. The molecule has 1 aromatic heterocycles. The van der Waals surface area contributed by atoms with Gasteiger partial charge in [-0.15, -0.1) is 5.10 Å². The van der Waals surface area contributed by atoms with Gasteiger partial charge in [0.25, 0.3) is 5.91 Å². The van der Waals surface area contributed by atoms with E-state index in [0.717, 1.165) is 43.3 Å². The molecule has 0 spiro atoms. The molecule has 0 radical (unpaired) electrons. The number of nitrogens with one attached hydrogen (secondary N) is 1. The first kappa shape index (κ1) is 17.9. The third-order valence-electron chi connectivity index (χ3n) is 5.43. The van der Waals surface area contributed by atoms with Gasteiger partial charge in [0.2, 0.25) is 5.91 Å². The van der Waals surface area contributed by atoms with Crippen molar-refractivity contribution in [2.24, 2.45) is 5.92 Å². The van der Waals surface area contributed by atoms with Crippen LogP contribution < -0.4 is 5.32 Å². The molecule has 7 nitrogen and oxygen atoms in total. The normalized spacial score (nSPS) is 20.3. The van der Waals surface area contributed by atoms with Crippen LogP contribution in [-0.2, 0) is 10.3 Å². The van der Waals surface area contributed by atoms with E-state index < -0.39 is 0 Å². The van der Waals surface area contributed by atoms with Gasteiger partial charge in [0, 0.05) is 30.6 Å². The quantitative estimate of drug-likeness (QED) is 0.897. The molecule has 1 saturated carbocycles. The highest BCUT2D eigenvalue weighted by Gasteiger charge is 2.38. The summed E-state index contributed by atoms with van der Waals surface area (Å²) in [6.45, 7) is 7.49. The van der Waals surface area contributed by atoms with Gasteiger partial charge in [-0.2, -0.15) is 0 Å². The SMILES string of the molecule is CC(C)(C)n1nnc2ccc(C(=O)NC[C@@H]3CCCN3C(=O)C3CC3)cc21. The van der Waals surface area contributed by atoms with E-state index >= 15 is 0 Å². The van der Waals surface area contributed by atoms with E-state index in [2.05, 4.69) is 36.4 Å². The fraction of sp³-hybridized carbons (Fsp3) is 0.600. The number of fused-ring (bicyclic) bond motifs is 1. The molecule has 2 fully saturated rings. The van der Waals surface area contributed by atoms with Crippen LogP contribution in [0.15, 0.2) is 18.2 Å². The Morgan fingerprint density at radius 2 is 2.00 bits per heavy atom. The second-order valence-electron chi connectivity index (χ2n) is 8.69. The average molecular weight is 369 g/mol. The summed E-state index contributed by atoms with van der Waals surface area (Å²) in [5.74, 6) is 0.381. The van der Waals surface area contributed by atoms with Gasteiger partial charge in [-0.05, 0) is 64.7 Å². The number of likely N-dealkylation sites (tertiary alicyclic amines) is 1. The number of hydrogen-bond acceptors (Lipinski definition) is 4. The first-order chi connectivity index (χ1) is 12.8. The number of carbonyl (C=O) groups is 2. The average Bonchev–Trinajstić information content (AvgIpc) is 3.21. The van der Waals surface area contributed by atoms with Crippen LogP contribution >= 0.6 is 0 Å². The molecule has 4 rings (SSSR count). The first-order valence-electron chi connectivity index (χ1n) is 9.79. The molecule has 1 aliphatic heterocycles. The molecule has 2 heterocycles. The fourth-order valence-electron chi connectivity index (χ4n) is 3.77. The summed E-state index contributed by atoms with van der Waals surface area (Å²) in [5, 5.41) is 11.4. The third-order valence-corrected chi connectivity index (χ3v) is 5.43. The molecule has 1 N–H and O–H groups in total. The van der Waals surface area contributed by atoms with Crippen molar-refractivity contribution in [1.82, 2.24) is 25.2 Å². The van der Waals surface area contributed by atoms with Crippen LogP contribution in [0.1, 0.15) is 56.8 Å². The molecule has 1 aromatic carbocycles. The molecule has 1 atom stereocenters. The summed E-state index contributed by atoms with van der Waals surface area (Å²) in [5.41, 5.74) is 2.01. The van der Waals surface area contributed by atoms with Crippen molar-refractivity contribution in [2.75, 3.05) is 13.1 Å². The fourth-order valence-corrected chi connectivity index (χ4v) is 3.77. The Morgan fingerprint density at radius 1 is 1.22 bits per heavy atom. The summed E-state index contributed by atoms with van der Waals surface area (Å²) in [6, 6.07) is 5.57. The molecule has 1 saturated heterocycles. The molecule has 1 aliphatic carbocycles. The van der Waals surface area contributed by atoms with Gasteiger partial charge in [-0.1, -0.05) is 5.21 Å². The van der Waals surface area contributed by atoms with E-state index in [9.17, 15) is 9.59 Å². The van der Waals surface area contributed by atoms with Crippen molar-refractivity contribution in [3.63, 3.8) is 0 Å². The lowest BCUT2D eigenvalue weighted by atomic mass is 10.1. The Balaban J connectivity index is 1.46. The number of aromatic nitrogens is 3. The number of amides is 2. The molecule has 27 heavy (non-hydrogen) atoms. The van der Waals surface area contributed by atoms with Gasteiger partial charge in [0.15, 0.2) is 0 Å². The summed E-state index contributed by atoms with van der Waals surface area (Å²) in [4.78, 5) is 27.0. The smallest absolute Gasteiger partial charge is 0.251 e. The number of carbonyl (C=O) groups excluding carboxylic acids is 2. The minimum Gasteiger partial charge on any atom is -0.350 e. The summed E-state index contributed by atoms with van der Waals surface area (Å²) >= 11 is 0. The van der Waals surface area contributed by atoms with Crippen LogP contribution in [-0.4, -0.2) is 50.8 Å². The van der Waals surface area contributed by atoms with Crippen molar-refractivity contribution < 1.29 is 9.59 Å². The minimum absolute atomic E-state index is 0.118. The van der Waals surface area contributed by atoms with Gasteiger partial charge in [0.05, 0.1) is 11.1 Å². The Morgan fingerprint density at radius 3 is 2.70 bits per heavy atom. The number of hydrogen-bond donors (Lipinski definition) is 1. The Bertz CT molecular complexity index is 878. The van der Waals surface area contributed by atoms with E-state index in [1.165, 1.54) is 0 Å². The van der Waals surface area contributed by atoms with E-state index in [1.807, 2.05) is 21.7 Å². The van der Waals surface area contributed by atoms with E-state index in [0.29, 0.717) is 12.1 Å². The van der Waals surface area contributed by atoms with Crippen LogP contribution in [0.25, 0.3) is 11.0 Å². The molecule has 2 amide bonds. The topological polar surface area (TPSA) is 80.1 Å². The standard InChI is InChI=1S/C20H27N5O2/c1-20(2,3)25-17-11-14(8-9-16(17)22-23-25)18(26)21-12-15-5-4-10-24(15)19(27)13-6-7-13/h8-9,11,13,15H,4-7,10,12H2,1-3H3,(H,21,26)/t15-/m0/s1. The van der Waals surface area contributed by atoms with Crippen molar-refractivity contribution in [3.8, 4) is 0 Å². The van der Waals surface area contributed by atoms with Crippen molar-refractivity contribution >= 4 is 22.8 Å². The zero-order chi connectivity index (χ0) is 19.2. The predicted molar refractivity (Wildman–Crippen MR) is 102 cm³/mol. The maximum absolute atomic E-state index is 12.7. The van der Waals surface area contributed by atoms with Crippen LogP contribution in [0, 0.1) is 5.92 Å². The highest BCUT2D eigenvalue weighted by Crippen LogP contribution is 2.33. The number of nitrogens with zero attached hydrogens (tertiary/aromatic N) is 4.